The Labute approximate surface area is 125 Å². The summed E-state index contributed by atoms with van der Waals surface area (Å²) < 4.78 is 13.2. The minimum atomic E-state index is -0.343. The largest absolute Gasteiger partial charge is 0.339 e. The number of piperidine rings is 2. The second-order valence-corrected chi connectivity index (χ2v) is 6.13. The monoisotopic (exact) mass is 290 g/mol. The van der Waals surface area contributed by atoms with E-state index in [0.29, 0.717) is 11.6 Å². The zero-order valence-electron chi connectivity index (χ0n) is 12.4. The lowest BCUT2D eigenvalue weighted by atomic mass is 9.99. The van der Waals surface area contributed by atoms with Crippen molar-refractivity contribution in [1.82, 2.24) is 9.80 Å². The first-order valence-corrected chi connectivity index (χ1v) is 8.03. The number of rotatable bonds is 2. The fourth-order valence-corrected chi connectivity index (χ4v) is 3.52. The van der Waals surface area contributed by atoms with Gasteiger partial charge in [-0.2, -0.15) is 0 Å². The summed E-state index contributed by atoms with van der Waals surface area (Å²) in [6.07, 6.45) is 6.06. The van der Waals surface area contributed by atoms with Crippen LogP contribution < -0.4 is 0 Å². The quantitative estimate of drug-likeness (QED) is 0.836. The minimum Gasteiger partial charge on any atom is -0.339 e. The molecule has 0 aliphatic carbocycles. The lowest BCUT2D eigenvalue weighted by Crippen LogP contribution is -2.48. The number of likely N-dealkylation sites (tertiary alicyclic amines) is 2. The number of benzene rings is 1. The molecule has 1 aromatic carbocycles. The number of halogens is 1. The third-order valence-corrected chi connectivity index (χ3v) is 4.73. The van der Waals surface area contributed by atoms with Gasteiger partial charge in [0, 0.05) is 24.7 Å². The van der Waals surface area contributed by atoms with Crippen molar-refractivity contribution in [3.8, 4) is 0 Å². The zero-order valence-corrected chi connectivity index (χ0v) is 12.4. The molecular formula is C17H23FN2O. The molecule has 21 heavy (non-hydrogen) atoms. The van der Waals surface area contributed by atoms with E-state index in [0.717, 1.165) is 25.9 Å². The summed E-state index contributed by atoms with van der Waals surface area (Å²) in [6, 6.07) is 6.63. The van der Waals surface area contributed by atoms with Gasteiger partial charge in [0.1, 0.15) is 5.82 Å². The Morgan fingerprint density at radius 2 is 1.76 bits per heavy atom. The molecule has 3 nitrogen and oxygen atoms in total. The maximum absolute atomic E-state index is 13.2. The summed E-state index contributed by atoms with van der Waals surface area (Å²) in [5.74, 6) is -0.379. The molecule has 114 valence electrons. The number of hydrogen-bond donors (Lipinski definition) is 0. The molecule has 2 fully saturated rings. The van der Waals surface area contributed by atoms with Crippen LogP contribution in [0.4, 0.5) is 4.39 Å². The van der Waals surface area contributed by atoms with Crippen LogP contribution in [0.2, 0.25) is 0 Å². The van der Waals surface area contributed by atoms with E-state index in [4.69, 9.17) is 0 Å². The molecule has 1 aromatic rings. The molecule has 3 rings (SSSR count). The highest BCUT2D eigenvalue weighted by atomic mass is 19.1. The summed E-state index contributed by atoms with van der Waals surface area (Å²) in [5, 5.41) is 0. The molecule has 0 atom stereocenters. The minimum absolute atomic E-state index is 0.0356. The fraction of sp³-hybridized carbons (Fsp3) is 0.588. The molecule has 0 radical (unpaired) electrons. The second-order valence-electron chi connectivity index (χ2n) is 6.13. The predicted octanol–water partition coefficient (Wildman–Crippen LogP) is 2.92. The Hall–Kier alpha value is -1.42. The molecule has 2 aliphatic heterocycles. The topological polar surface area (TPSA) is 23.6 Å². The van der Waals surface area contributed by atoms with E-state index in [-0.39, 0.29) is 11.7 Å². The first kappa shape index (κ1) is 14.5. The van der Waals surface area contributed by atoms with E-state index in [1.807, 2.05) is 4.90 Å². The van der Waals surface area contributed by atoms with Gasteiger partial charge in [-0.25, -0.2) is 4.39 Å². The molecule has 2 heterocycles. The predicted molar refractivity (Wildman–Crippen MR) is 80.7 cm³/mol. The van der Waals surface area contributed by atoms with Gasteiger partial charge >= 0.3 is 0 Å². The van der Waals surface area contributed by atoms with Crippen molar-refractivity contribution in [3.63, 3.8) is 0 Å². The van der Waals surface area contributed by atoms with Gasteiger partial charge in [0.05, 0.1) is 0 Å². The summed E-state index contributed by atoms with van der Waals surface area (Å²) in [7, 11) is 0. The highest BCUT2D eigenvalue weighted by molar-refractivity contribution is 5.94. The normalized spacial score (nSPS) is 21.5. The number of carbonyl (C=O) groups is 1. The van der Waals surface area contributed by atoms with Gasteiger partial charge in [0.15, 0.2) is 0 Å². The fourth-order valence-electron chi connectivity index (χ4n) is 3.52. The number of hydrogen-bond acceptors (Lipinski definition) is 2. The molecule has 0 saturated carbocycles. The standard InChI is InChI=1S/C17H23FN2O/c18-15-6-4-5-14(13-15)17(21)20-11-7-16(8-12-20)19-9-2-1-3-10-19/h4-6,13,16H,1-3,7-12H2. The summed E-state index contributed by atoms with van der Waals surface area (Å²) in [6.45, 7) is 4.00. The van der Waals surface area contributed by atoms with E-state index in [9.17, 15) is 9.18 Å². The molecule has 0 bridgehead atoms. The van der Waals surface area contributed by atoms with Gasteiger partial charge < -0.3 is 9.80 Å². The van der Waals surface area contributed by atoms with Crippen molar-refractivity contribution < 1.29 is 9.18 Å². The van der Waals surface area contributed by atoms with Crippen LogP contribution in [0.3, 0.4) is 0 Å². The Balaban J connectivity index is 1.56. The van der Waals surface area contributed by atoms with Gasteiger partial charge in [-0.15, -0.1) is 0 Å². The highest BCUT2D eigenvalue weighted by Crippen LogP contribution is 2.22. The highest BCUT2D eigenvalue weighted by Gasteiger charge is 2.28. The van der Waals surface area contributed by atoms with Crippen LogP contribution >= 0.6 is 0 Å². The van der Waals surface area contributed by atoms with Crippen LogP contribution in [0.25, 0.3) is 0 Å². The molecule has 2 aliphatic rings. The van der Waals surface area contributed by atoms with Crippen molar-refractivity contribution in [1.29, 1.82) is 0 Å². The molecule has 0 unspecified atom stereocenters. The Kier molecular flexibility index (Phi) is 4.54. The van der Waals surface area contributed by atoms with E-state index < -0.39 is 0 Å². The maximum Gasteiger partial charge on any atom is 0.253 e. The number of nitrogens with zero attached hydrogens (tertiary/aromatic N) is 2. The molecule has 2 saturated heterocycles. The smallest absolute Gasteiger partial charge is 0.253 e. The van der Waals surface area contributed by atoms with Gasteiger partial charge in [-0.05, 0) is 57.0 Å². The van der Waals surface area contributed by atoms with E-state index in [1.165, 1.54) is 44.5 Å². The average molecular weight is 290 g/mol. The van der Waals surface area contributed by atoms with E-state index in [2.05, 4.69) is 4.90 Å². The van der Waals surface area contributed by atoms with Crippen molar-refractivity contribution in [2.75, 3.05) is 26.2 Å². The SMILES string of the molecule is O=C(c1cccc(F)c1)N1CCC(N2CCCCC2)CC1. The van der Waals surface area contributed by atoms with Crippen molar-refractivity contribution in [2.24, 2.45) is 0 Å². The molecule has 0 aromatic heterocycles. The van der Waals surface area contributed by atoms with Crippen LogP contribution in [0, 0.1) is 5.82 Å². The summed E-state index contributed by atoms with van der Waals surface area (Å²) >= 11 is 0. The maximum atomic E-state index is 13.2. The van der Waals surface area contributed by atoms with Gasteiger partial charge in [0.2, 0.25) is 0 Å². The van der Waals surface area contributed by atoms with Crippen LogP contribution in [0.15, 0.2) is 24.3 Å². The first-order valence-electron chi connectivity index (χ1n) is 8.03. The third-order valence-electron chi connectivity index (χ3n) is 4.73. The summed E-state index contributed by atoms with van der Waals surface area (Å²) in [5.41, 5.74) is 0.464. The molecule has 4 heteroatoms. The van der Waals surface area contributed by atoms with Gasteiger partial charge in [-0.3, -0.25) is 4.79 Å². The second kappa shape index (κ2) is 6.56. The van der Waals surface area contributed by atoms with Gasteiger partial charge in [-0.1, -0.05) is 12.5 Å². The molecular weight excluding hydrogens is 267 g/mol. The lowest BCUT2D eigenvalue weighted by molar-refractivity contribution is 0.0589. The van der Waals surface area contributed by atoms with Crippen LogP contribution in [-0.2, 0) is 0 Å². The van der Waals surface area contributed by atoms with Crippen molar-refractivity contribution >= 4 is 5.91 Å². The Morgan fingerprint density at radius 3 is 2.43 bits per heavy atom. The van der Waals surface area contributed by atoms with Gasteiger partial charge in [0.25, 0.3) is 5.91 Å². The third kappa shape index (κ3) is 3.43. The molecule has 0 N–H and O–H groups in total. The van der Waals surface area contributed by atoms with Crippen LogP contribution in [-0.4, -0.2) is 47.9 Å². The zero-order chi connectivity index (χ0) is 14.7. The first-order chi connectivity index (χ1) is 10.2. The molecule has 1 amide bonds. The van der Waals surface area contributed by atoms with E-state index >= 15 is 0 Å². The van der Waals surface area contributed by atoms with Crippen LogP contribution in [0.1, 0.15) is 42.5 Å². The van der Waals surface area contributed by atoms with Crippen LogP contribution in [0.5, 0.6) is 0 Å². The molecule has 0 spiro atoms. The van der Waals surface area contributed by atoms with Crippen molar-refractivity contribution in [2.45, 2.75) is 38.1 Å². The Bertz CT molecular complexity index is 491. The average Bonchev–Trinajstić information content (AvgIpc) is 2.55. The number of amides is 1. The summed E-state index contributed by atoms with van der Waals surface area (Å²) in [4.78, 5) is 16.8. The Morgan fingerprint density at radius 1 is 1.05 bits per heavy atom. The number of carbonyl (C=O) groups excluding carboxylic acids is 1. The lowest BCUT2D eigenvalue weighted by Gasteiger charge is -2.40. The van der Waals surface area contributed by atoms with Crippen molar-refractivity contribution in [3.05, 3.63) is 35.6 Å². The van der Waals surface area contributed by atoms with E-state index in [1.54, 1.807) is 12.1 Å².